The van der Waals surface area contributed by atoms with Crippen LogP contribution in [-0.2, 0) is 9.59 Å². The first kappa shape index (κ1) is 26.5. The number of methoxy groups -OCH3 is 1. The maximum absolute atomic E-state index is 13.9. The summed E-state index contributed by atoms with van der Waals surface area (Å²) in [5, 5.41) is 8.47. The molecule has 8 heteroatoms. The van der Waals surface area contributed by atoms with Gasteiger partial charge in [0.2, 0.25) is 5.91 Å². The van der Waals surface area contributed by atoms with Gasteiger partial charge >= 0.3 is 6.03 Å². The van der Waals surface area contributed by atoms with Crippen molar-refractivity contribution in [3.8, 4) is 5.75 Å². The molecule has 1 atom stereocenters. The van der Waals surface area contributed by atoms with Crippen molar-refractivity contribution in [1.29, 1.82) is 0 Å². The molecular weight excluding hydrogens is 480 g/mol. The lowest BCUT2D eigenvalue weighted by atomic mass is 9.95. The van der Waals surface area contributed by atoms with Crippen LogP contribution >= 0.6 is 0 Å². The second-order valence-electron chi connectivity index (χ2n) is 9.99. The molecule has 0 aromatic heterocycles. The molecule has 1 aliphatic heterocycles. The third kappa shape index (κ3) is 6.39. The van der Waals surface area contributed by atoms with E-state index in [0.29, 0.717) is 17.1 Å². The number of ether oxygens (including phenoxy) is 1. The Morgan fingerprint density at radius 2 is 1.66 bits per heavy atom. The van der Waals surface area contributed by atoms with Gasteiger partial charge in [0.25, 0.3) is 5.91 Å². The van der Waals surface area contributed by atoms with Crippen LogP contribution in [0.5, 0.6) is 5.75 Å². The standard InChI is InChI=1S/C30H32N4O4/c1-30(2,3)33-27(35)19-34-26-16-9-8-15-23(26)24(20-11-6-5-7-12-20)18-25(28(34)36)32-29(37)31-21-13-10-14-22(17-21)38-4/h5-18,25H,19H2,1-4H3,(H,33,35)(H2,31,32,37). The van der Waals surface area contributed by atoms with E-state index in [9.17, 15) is 14.4 Å². The van der Waals surface area contributed by atoms with Crippen LogP contribution in [0.3, 0.4) is 0 Å². The average molecular weight is 513 g/mol. The van der Waals surface area contributed by atoms with E-state index in [-0.39, 0.29) is 12.5 Å². The van der Waals surface area contributed by atoms with E-state index in [1.807, 2.05) is 75.4 Å². The van der Waals surface area contributed by atoms with Crippen LogP contribution in [0.1, 0.15) is 31.9 Å². The summed E-state index contributed by atoms with van der Waals surface area (Å²) in [6, 6.07) is 22.4. The molecule has 3 N–H and O–H groups in total. The molecule has 1 aliphatic rings. The van der Waals surface area contributed by atoms with E-state index in [0.717, 1.165) is 16.7 Å². The molecule has 1 unspecified atom stereocenters. The maximum Gasteiger partial charge on any atom is 0.320 e. The molecule has 196 valence electrons. The lowest BCUT2D eigenvalue weighted by Gasteiger charge is -2.28. The second kappa shape index (κ2) is 11.2. The number of carbonyl (C=O) groups is 3. The molecular formula is C30H32N4O4. The molecule has 38 heavy (non-hydrogen) atoms. The van der Waals surface area contributed by atoms with Crippen LogP contribution in [0.4, 0.5) is 16.2 Å². The molecule has 4 rings (SSSR count). The van der Waals surface area contributed by atoms with Crippen molar-refractivity contribution in [2.75, 3.05) is 23.9 Å². The number of anilines is 2. The van der Waals surface area contributed by atoms with E-state index >= 15 is 0 Å². The van der Waals surface area contributed by atoms with Crippen molar-refractivity contribution in [2.45, 2.75) is 32.4 Å². The Kier molecular flexibility index (Phi) is 7.81. The van der Waals surface area contributed by atoms with Gasteiger partial charge in [-0.3, -0.25) is 9.59 Å². The number of nitrogens with one attached hydrogen (secondary N) is 3. The fourth-order valence-corrected chi connectivity index (χ4v) is 4.30. The van der Waals surface area contributed by atoms with Crippen LogP contribution < -0.4 is 25.6 Å². The highest BCUT2D eigenvalue weighted by Gasteiger charge is 2.33. The molecule has 4 amide bonds. The van der Waals surface area contributed by atoms with E-state index in [1.54, 1.807) is 37.5 Å². The largest absolute Gasteiger partial charge is 0.497 e. The van der Waals surface area contributed by atoms with Gasteiger partial charge in [0.1, 0.15) is 18.3 Å². The maximum atomic E-state index is 13.9. The Hall–Kier alpha value is -4.59. The van der Waals surface area contributed by atoms with Crippen LogP contribution in [0.2, 0.25) is 0 Å². The Bertz CT molecular complexity index is 1360. The second-order valence-corrected chi connectivity index (χ2v) is 9.99. The summed E-state index contributed by atoms with van der Waals surface area (Å²) in [6.07, 6.45) is 1.74. The van der Waals surface area contributed by atoms with Gasteiger partial charge < -0.3 is 25.6 Å². The average Bonchev–Trinajstić information content (AvgIpc) is 2.99. The number of urea groups is 1. The normalized spacial score (nSPS) is 15.1. The van der Waals surface area contributed by atoms with Crippen molar-refractivity contribution in [1.82, 2.24) is 10.6 Å². The Morgan fingerprint density at radius 3 is 2.37 bits per heavy atom. The van der Waals surface area contributed by atoms with Gasteiger partial charge in [-0.15, -0.1) is 0 Å². The summed E-state index contributed by atoms with van der Waals surface area (Å²) in [5.41, 5.74) is 3.09. The molecule has 0 bridgehead atoms. The molecule has 3 aromatic carbocycles. The van der Waals surface area contributed by atoms with Crippen LogP contribution in [0.25, 0.3) is 5.57 Å². The Labute approximate surface area is 222 Å². The number of benzene rings is 3. The van der Waals surface area contributed by atoms with Crippen molar-refractivity contribution in [3.05, 3.63) is 96.1 Å². The fourth-order valence-electron chi connectivity index (χ4n) is 4.30. The summed E-state index contributed by atoms with van der Waals surface area (Å²) in [4.78, 5) is 41.3. The van der Waals surface area contributed by atoms with Gasteiger partial charge in [0, 0.05) is 22.9 Å². The molecule has 3 aromatic rings. The lowest BCUT2D eigenvalue weighted by Crippen LogP contribution is -2.52. The van der Waals surface area contributed by atoms with Gasteiger partial charge in [-0.1, -0.05) is 54.6 Å². The highest BCUT2D eigenvalue weighted by atomic mass is 16.5. The molecule has 0 radical (unpaired) electrons. The van der Waals surface area contributed by atoms with Gasteiger partial charge in [-0.2, -0.15) is 0 Å². The van der Waals surface area contributed by atoms with Crippen LogP contribution in [-0.4, -0.2) is 43.1 Å². The molecule has 0 saturated carbocycles. The number of carbonyl (C=O) groups excluding carboxylic acids is 3. The summed E-state index contributed by atoms with van der Waals surface area (Å²) in [6.45, 7) is 5.45. The fraction of sp³-hybridized carbons (Fsp3) is 0.233. The number of hydrogen-bond donors (Lipinski definition) is 3. The first-order chi connectivity index (χ1) is 18.1. The number of fused-ring (bicyclic) bond motifs is 1. The molecule has 8 nitrogen and oxygen atoms in total. The zero-order valence-corrected chi connectivity index (χ0v) is 21.9. The van der Waals surface area contributed by atoms with Crippen molar-refractivity contribution in [2.24, 2.45) is 0 Å². The minimum atomic E-state index is -1.04. The highest BCUT2D eigenvalue weighted by Crippen LogP contribution is 2.35. The quantitative estimate of drug-likeness (QED) is 0.450. The molecule has 1 heterocycles. The number of rotatable bonds is 6. The number of amides is 4. The predicted octanol–water partition coefficient (Wildman–Crippen LogP) is 4.58. The Morgan fingerprint density at radius 1 is 0.947 bits per heavy atom. The highest BCUT2D eigenvalue weighted by molar-refractivity contribution is 6.09. The van der Waals surface area contributed by atoms with Gasteiger partial charge in [0.05, 0.1) is 12.8 Å². The minimum Gasteiger partial charge on any atom is -0.497 e. The van der Waals surface area contributed by atoms with Crippen LogP contribution in [0, 0.1) is 0 Å². The minimum absolute atomic E-state index is 0.196. The zero-order valence-electron chi connectivity index (χ0n) is 21.9. The van der Waals surface area contributed by atoms with E-state index in [1.165, 1.54) is 4.90 Å². The molecule has 0 spiro atoms. The summed E-state index contributed by atoms with van der Waals surface area (Å²) in [7, 11) is 1.54. The van der Waals surface area contributed by atoms with Gasteiger partial charge in [0.15, 0.2) is 0 Å². The smallest absolute Gasteiger partial charge is 0.320 e. The molecule has 0 saturated heterocycles. The zero-order chi connectivity index (χ0) is 27.3. The van der Waals surface area contributed by atoms with Gasteiger partial charge in [-0.05, 0) is 56.2 Å². The third-order valence-electron chi connectivity index (χ3n) is 5.87. The summed E-state index contributed by atoms with van der Waals surface area (Å²) >= 11 is 0. The SMILES string of the molecule is COc1cccc(NC(=O)NC2C=C(c3ccccc3)c3ccccc3N(CC(=O)NC(C)(C)C)C2=O)c1. The van der Waals surface area contributed by atoms with E-state index in [2.05, 4.69) is 16.0 Å². The summed E-state index contributed by atoms with van der Waals surface area (Å²) in [5.74, 6) is -0.136. The number of hydrogen-bond acceptors (Lipinski definition) is 4. The van der Waals surface area contributed by atoms with Gasteiger partial charge in [-0.25, -0.2) is 4.79 Å². The first-order valence-corrected chi connectivity index (χ1v) is 12.4. The van der Waals surface area contributed by atoms with Crippen molar-refractivity contribution >= 4 is 34.8 Å². The number of para-hydroxylation sites is 1. The van der Waals surface area contributed by atoms with Crippen LogP contribution in [0.15, 0.2) is 84.9 Å². The van der Waals surface area contributed by atoms with E-state index < -0.39 is 23.5 Å². The van der Waals surface area contributed by atoms with Crippen molar-refractivity contribution in [3.63, 3.8) is 0 Å². The predicted molar refractivity (Wildman–Crippen MR) is 149 cm³/mol. The summed E-state index contributed by atoms with van der Waals surface area (Å²) < 4.78 is 5.22. The monoisotopic (exact) mass is 512 g/mol. The Balaban J connectivity index is 1.71. The molecule has 0 aliphatic carbocycles. The van der Waals surface area contributed by atoms with Crippen molar-refractivity contribution < 1.29 is 19.1 Å². The lowest BCUT2D eigenvalue weighted by molar-refractivity contribution is -0.125. The number of nitrogens with zero attached hydrogens (tertiary/aromatic N) is 1. The third-order valence-corrected chi connectivity index (χ3v) is 5.87. The first-order valence-electron chi connectivity index (χ1n) is 12.4. The molecule has 0 fully saturated rings. The van der Waals surface area contributed by atoms with E-state index in [4.69, 9.17) is 4.74 Å². The topological polar surface area (TPSA) is 99.8 Å².